The van der Waals surface area contributed by atoms with Gasteiger partial charge in [-0.05, 0) is 12.1 Å². The molecule has 2 rings (SSSR count). The number of rotatable bonds is 4. The Labute approximate surface area is 100 Å². The van der Waals surface area contributed by atoms with Crippen LogP contribution in [0.1, 0.15) is 11.6 Å². The zero-order valence-electron chi connectivity index (χ0n) is 9.17. The molecule has 1 heterocycles. The number of benzene rings is 1. The van der Waals surface area contributed by atoms with Crippen molar-refractivity contribution in [3.63, 3.8) is 0 Å². The van der Waals surface area contributed by atoms with Gasteiger partial charge in [0.1, 0.15) is 18.1 Å². The first kappa shape index (κ1) is 12.9. The summed E-state index contributed by atoms with van der Waals surface area (Å²) in [4.78, 5) is 0. The average Bonchev–Trinajstić information content (AvgIpc) is 2.68. The Morgan fingerprint density at radius 2 is 2.17 bits per heavy atom. The van der Waals surface area contributed by atoms with E-state index in [1.165, 1.54) is 18.2 Å². The molecule has 1 unspecified atom stereocenters. The third kappa shape index (κ3) is 2.50. The topological polar surface area (TPSA) is 41.5 Å². The molecule has 0 radical (unpaired) electrons. The molecule has 0 saturated carbocycles. The van der Waals surface area contributed by atoms with Crippen LogP contribution in [-0.4, -0.2) is 30.6 Å². The highest BCUT2D eigenvalue weighted by Crippen LogP contribution is 2.35. The molecule has 2 N–H and O–H groups in total. The minimum Gasteiger partial charge on any atom is -0.508 e. The molecule has 1 aromatic carbocycles. The van der Waals surface area contributed by atoms with E-state index >= 15 is 0 Å². The van der Waals surface area contributed by atoms with Crippen molar-refractivity contribution >= 4 is 0 Å². The van der Waals surface area contributed by atoms with Gasteiger partial charge in [-0.2, -0.15) is 8.78 Å². The fraction of sp³-hybridized carbons (Fsp3) is 0.455. The van der Waals surface area contributed by atoms with Crippen LogP contribution in [0, 0.1) is 0 Å². The van der Waals surface area contributed by atoms with Crippen LogP contribution in [0.15, 0.2) is 18.2 Å². The average molecular weight is 265 g/mol. The van der Waals surface area contributed by atoms with Crippen LogP contribution in [0.3, 0.4) is 0 Å². The summed E-state index contributed by atoms with van der Waals surface area (Å²) in [5.41, 5.74) is 0.567. The molecule has 0 aromatic heterocycles. The van der Waals surface area contributed by atoms with Crippen LogP contribution in [0.4, 0.5) is 17.6 Å². The first-order valence-electron chi connectivity index (χ1n) is 5.25. The number of fused-ring (bicyclic) bond motifs is 1. The van der Waals surface area contributed by atoms with Crippen LogP contribution in [0.5, 0.6) is 11.5 Å². The zero-order valence-corrected chi connectivity index (χ0v) is 9.17. The van der Waals surface area contributed by atoms with E-state index in [4.69, 9.17) is 4.74 Å². The van der Waals surface area contributed by atoms with Gasteiger partial charge in [0.05, 0.1) is 12.6 Å². The predicted molar refractivity (Wildman–Crippen MR) is 55.3 cm³/mol. The van der Waals surface area contributed by atoms with Crippen molar-refractivity contribution in [1.82, 2.24) is 5.32 Å². The van der Waals surface area contributed by atoms with Gasteiger partial charge in [-0.25, -0.2) is 8.78 Å². The van der Waals surface area contributed by atoms with Crippen molar-refractivity contribution < 1.29 is 27.4 Å². The standard InChI is InChI=1S/C11H11F4NO2/c12-10(13)11(14,15)5-16-8-4-18-9-3-6(17)1-2-7(8)9/h1-3,8,10,16-17H,4-5H2. The molecule has 1 aromatic rings. The quantitative estimate of drug-likeness (QED) is 0.821. The third-order valence-electron chi connectivity index (χ3n) is 2.68. The molecule has 0 amide bonds. The van der Waals surface area contributed by atoms with E-state index in [1.54, 1.807) is 0 Å². The Morgan fingerprint density at radius 1 is 1.44 bits per heavy atom. The van der Waals surface area contributed by atoms with E-state index in [9.17, 15) is 22.7 Å². The number of nitrogens with one attached hydrogen (secondary N) is 1. The maximum absolute atomic E-state index is 12.7. The number of phenols is 1. The maximum atomic E-state index is 12.7. The van der Waals surface area contributed by atoms with Gasteiger partial charge in [0, 0.05) is 11.6 Å². The van der Waals surface area contributed by atoms with Gasteiger partial charge in [0.25, 0.3) is 0 Å². The lowest BCUT2D eigenvalue weighted by Crippen LogP contribution is -2.40. The molecule has 1 atom stereocenters. The van der Waals surface area contributed by atoms with Gasteiger partial charge in [0.2, 0.25) is 0 Å². The molecule has 1 aliphatic heterocycles. The molecule has 1 aliphatic rings. The lowest BCUT2D eigenvalue weighted by molar-refractivity contribution is -0.126. The molecule has 0 spiro atoms. The minimum atomic E-state index is -4.07. The molecular weight excluding hydrogens is 254 g/mol. The number of aromatic hydroxyl groups is 1. The van der Waals surface area contributed by atoms with Crippen LogP contribution < -0.4 is 10.1 Å². The Kier molecular flexibility index (Phi) is 3.34. The summed E-state index contributed by atoms with van der Waals surface area (Å²) in [7, 11) is 0. The van der Waals surface area contributed by atoms with Gasteiger partial charge in [0.15, 0.2) is 0 Å². The van der Waals surface area contributed by atoms with Crippen molar-refractivity contribution in [2.75, 3.05) is 13.2 Å². The van der Waals surface area contributed by atoms with E-state index in [0.717, 1.165) is 0 Å². The first-order chi connectivity index (χ1) is 8.40. The van der Waals surface area contributed by atoms with Crippen molar-refractivity contribution in [3.8, 4) is 11.5 Å². The summed E-state index contributed by atoms with van der Waals surface area (Å²) >= 11 is 0. The van der Waals surface area contributed by atoms with Gasteiger partial charge >= 0.3 is 12.3 Å². The Balaban J connectivity index is 2.02. The molecule has 0 aliphatic carbocycles. The second-order valence-electron chi connectivity index (χ2n) is 4.03. The fourth-order valence-corrected chi connectivity index (χ4v) is 1.70. The fourth-order valence-electron chi connectivity index (χ4n) is 1.70. The molecule has 18 heavy (non-hydrogen) atoms. The van der Waals surface area contributed by atoms with Gasteiger partial charge < -0.3 is 15.2 Å². The molecule has 3 nitrogen and oxygen atoms in total. The summed E-state index contributed by atoms with van der Waals surface area (Å²) in [6, 6.07) is 3.66. The van der Waals surface area contributed by atoms with Gasteiger partial charge in [-0.1, -0.05) is 0 Å². The predicted octanol–water partition coefficient (Wildman–Crippen LogP) is 2.32. The molecule has 7 heteroatoms. The summed E-state index contributed by atoms with van der Waals surface area (Å²) in [6.07, 6.45) is -3.70. The highest BCUT2D eigenvalue weighted by Gasteiger charge is 2.41. The molecule has 0 saturated heterocycles. The first-order valence-corrected chi connectivity index (χ1v) is 5.25. The number of hydrogen-bond acceptors (Lipinski definition) is 3. The van der Waals surface area contributed by atoms with E-state index in [2.05, 4.69) is 5.32 Å². The van der Waals surface area contributed by atoms with Crippen LogP contribution in [-0.2, 0) is 0 Å². The summed E-state index contributed by atoms with van der Waals surface area (Å²) in [5, 5.41) is 11.5. The van der Waals surface area contributed by atoms with E-state index in [-0.39, 0.29) is 12.4 Å². The molecule has 0 fully saturated rings. The highest BCUT2D eigenvalue weighted by atomic mass is 19.3. The van der Waals surface area contributed by atoms with Gasteiger partial charge in [-0.15, -0.1) is 0 Å². The SMILES string of the molecule is Oc1ccc2c(c1)OCC2NCC(F)(F)C(F)F. The molecule has 0 bridgehead atoms. The highest BCUT2D eigenvalue weighted by molar-refractivity contribution is 5.44. The van der Waals surface area contributed by atoms with Crippen molar-refractivity contribution in [2.24, 2.45) is 0 Å². The lowest BCUT2D eigenvalue weighted by atomic mass is 10.1. The second-order valence-corrected chi connectivity index (χ2v) is 4.03. The number of halogens is 4. The van der Waals surface area contributed by atoms with Crippen molar-refractivity contribution in [2.45, 2.75) is 18.4 Å². The lowest BCUT2D eigenvalue weighted by Gasteiger charge is -2.18. The number of hydrogen-bond donors (Lipinski definition) is 2. The smallest absolute Gasteiger partial charge is 0.319 e. The zero-order chi connectivity index (χ0) is 13.3. The Bertz CT molecular complexity index is 439. The summed E-state index contributed by atoms with van der Waals surface area (Å²) in [6.45, 7) is -1.06. The minimum absolute atomic E-state index is 0.00712. The molecule has 100 valence electrons. The van der Waals surface area contributed by atoms with Crippen molar-refractivity contribution in [3.05, 3.63) is 23.8 Å². The normalized spacial score (nSPS) is 18.8. The number of ether oxygens (including phenoxy) is 1. The van der Waals surface area contributed by atoms with Gasteiger partial charge in [-0.3, -0.25) is 0 Å². The summed E-state index contributed by atoms with van der Waals surface area (Å²) < 4.78 is 54.6. The van der Waals surface area contributed by atoms with Crippen LogP contribution in [0.25, 0.3) is 0 Å². The number of alkyl halides is 4. The van der Waals surface area contributed by atoms with Crippen LogP contribution >= 0.6 is 0 Å². The monoisotopic (exact) mass is 265 g/mol. The van der Waals surface area contributed by atoms with E-state index < -0.39 is 24.9 Å². The van der Waals surface area contributed by atoms with Crippen LogP contribution in [0.2, 0.25) is 0 Å². The van der Waals surface area contributed by atoms with E-state index in [0.29, 0.717) is 11.3 Å². The Morgan fingerprint density at radius 3 is 2.83 bits per heavy atom. The Hall–Kier alpha value is -1.50. The number of phenolic OH excluding ortho intramolecular Hbond substituents is 1. The summed E-state index contributed by atoms with van der Waals surface area (Å²) in [5.74, 6) is -3.71. The maximum Gasteiger partial charge on any atom is 0.319 e. The largest absolute Gasteiger partial charge is 0.508 e. The van der Waals surface area contributed by atoms with Crippen molar-refractivity contribution in [1.29, 1.82) is 0 Å². The second kappa shape index (κ2) is 4.64. The third-order valence-corrected chi connectivity index (χ3v) is 2.68. The van der Waals surface area contributed by atoms with E-state index in [1.807, 2.05) is 0 Å². The molecular formula is C11H11F4NO2.